The third kappa shape index (κ3) is 4.95. The number of fused-ring (bicyclic) bond motifs is 1. The van der Waals surface area contributed by atoms with Gasteiger partial charge in [0.25, 0.3) is 5.91 Å². The minimum absolute atomic E-state index is 0.0334. The van der Waals surface area contributed by atoms with Crippen LogP contribution in [-0.4, -0.2) is 47.4 Å². The number of rotatable bonds is 7. The fraction of sp³-hybridized carbons (Fsp3) is 0.308. The van der Waals surface area contributed by atoms with Crippen LogP contribution in [-0.2, 0) is 11.2 Å². The molecule has 2 amide bonds. The Bertz CT molecular complexity index is 1190. The summed E-state index contributed by atoms with van der Waals surface area (Å²) in [6, 6.07) is 16.2. The van der Waals surface area contributed by atoms with E-state index in [9.17, 15) is 9.59 Å². The summed E-state index contributed by atoms with van der Waals surface area (Å²) in [6.45, 7) is 0.963. The summed E-state index contributed by atoms with van der Waals surface area (Å²) in [7, 11) is 0. The minimum Gasteiger partial charge on any atom is -0.491 e. The van der Waals surface area contributed by atoms with E-state index in [1.165, 1.54) is 4.88 Å². The van der Waals surface area contributed by atoms with Gasteiger partial charge in [0.05, 0.1) is 16.6 Å². The summed E-state index contributed by atoms with van der Waals surface area (Å²) in [6.07, 6.45) is 2.61. The van der Waals surface area contributed by atoms with Crippen LogP contribution in [0.25, 0.3) is 0 Å². The molecule has 34 heavy (non-hydrogen) atoms. The van der Waals surface area contributed by atoms with Crippen LogP contribution in [0.2, 0.25) is 10.0 Å². The zero-order chi connectivity index (χ0) is 23.7. The van der Waals surface area contributed by atoms with Crippen molar-refractivity contribution in [3.05, 3.63) is 86.0 Å². The molecule has 0 spiro atoms. The van der Waals surface area contributed by atoms with Crippen LogP contribution >= 0.6 is 34.5 Å². The van der Waals surface area contributed by atoms with Crippen molar-refractivity contribution in [2.75, 3.05) is 19.7 Å². The van der Waals surface area contributed by atoms with E-state index in [4.69, 9.17) is 27.9 Å². The van der Waals surface area contributed by atoms with Crippen molar-refractivity contribution in [1.82, 2.24) is 9.80 Å². The maximum atomic E-state index is 13.6. The second kappa shape index (κ2) is 9.98. The molecule has 0 unspecified atom stereocenters. The van der Waals surface area contributed by atoms with Crippen LogP contribution in [0.15, 0.2) is 60.0 Å². The summed E-state index contributed by atoms with van der Waals surface area (Å²) in [4.78, 5) is 31.7. The average molecular weight is 515 g/mol. The van der Waals surface area contributed by atoms with E-state index in [1.54, 1.807) is 52.6 Å². The Labute approximate surface area is 212 Å². The smallest absolute Gasteiger partial charge is 0.256 e. The van der Waals surface area contributed by atoms with E-state index in [0.29, 0.717) is 34.5 Å². The van der Waals surface area contributed by atoms with Gasteiger partial charge in [-0.25, -0.2) is 0 Å². The molecule has 2 aliphatic rings. The lowest BCUT2D eigenvalue weighted by molar-refractivity contribution is -0.135. The van der Waals surface area contributed by atoms with E-state index in [1.807, 2.05) is 17.0 Å². The number of nitrogens with zero attached hydrogens (tertiary/aromatic N) is 2. The molecule has 5 nitrogen and oxygen atoms in total. The number of carbonyl (C=O) groups is 2. The van der Waals surface area contributed by atoms with Gasteiger partial charge in [0.15, 0.2) is 0 Å². The monoisotopic (exact) mass is 514 g/mol. The third-order valence-corrected chi connectivity index (χ3v) is 7.87. The Morgan fingerprint density at radius 3 is 2.56 bits per heavy atom. The highest BCUT2D eigenvalue weighted by Gasteiger charge is 2.38. The van der Waals surface area contributed by atoms with Gasteiger partial charge in [-0.2, -0.15) is 0 Å². The Balaban J connectivity index is 1.34. The molecule has 1 saturated carbocycles. The van der Waals surface area contributed by atoms with Gasteiger partial charge < -0.3 is 14.5 Å². The van der Waals surface area contributed by atoms with Crippen LogP contribution in [0.3, 0.4) is 0 Å². The number of amides is 2. The van der Waals surface area contributed by atoms with Crippen molar-refractivity contribution in [2.45, 2.75) is 31.3 Å². The standard InChI is InChI=1S/C26H24Cl2N2O3S/c27-17-5-9-19(10-6-17)33-16-23-21-12-14-34-24(21)11-13-29(23)25(31)15-30(18-7-8-18)26(32)20-3-1-2-4-22(20)28/h1-6,9-10,12,14,18,23H,7-8,11,13,15-16H2/t23-/m0/s1. The van der Waals surface area contributed by atoms with Crippen molar-refractivity contribution in [3.63, 3.8) is 0 Å². The maximum absolute atomic E-state index is 13.6. The molecule has 1 atom stereocenters. The molecule has 0 N–H and O–H groups in total. The highest BCUT2D eigenvalue weighted by Crippen LogP contribution is 2.35. The van der Waals surface area contributed by atoms with E-state index >= 15 is 0 Å². The van der Waals surface area contributed by atoms with Gasteiger partial charge in [-0.1, -0.05) is 35.3 Å². The molecule has 1 aromatic heterocycles. The van der Waals surface area contributed by atoms with Gasteiger partial charge in [0.2, 0.25) is 5.91 Å². The first kappa shape index (κ1) is 23.2. The second-order valence-electron chi connectivity index (χ2n) is 8.56. The summed E-state index contributed by atoms with van der Waals surface area (Å²) in [5.74, 6) is 0.435. The first-order valence-corrected chi connectivity index (χ1v) is 12.9. The normalized spacial score (nSPS) is 17.2. The largest absolute Gasteiger partial charge is 0.491 e. The molecule has 8 heteroatoms. The van der Waals surface area contributed by atoms with Gasteiger partial charge in [-0.05, 0) is 72.7 Å². The summed E-state index contributed by atoms with van der Waals surface area (Å²) in [5.41, 5.74) is 1.55. The van der Waals surface area contributed by atoms with Crippen molar-refractivity contribution in [3.8, 4) is 5.75 Å². The first-order valence-electron chi connectivity index (χ1n) is 11.3. The van der Waals surface area contributed by atoms with Crippen LogP contribution in [0, 0.1) is 0 Å². The number of benzene rings is 2. The summed E-state index contributed by atoms with van der Waals surface area (Å²) in [5, 5.41) is 3.11. The van der Waals surface area contributed by atoms with E-state index < -0.39 is 0 Å². The molecule has 0 bridgehead atoms. The van der Waals surface area contributed by atoms with Crippen molar-refractivity contribution >= 4 is 46.4 Å². The lowest BCUT2D eigenvalue weighted by Crippen LogP contribution is -2.48. The highest BCUT2D eigenvalue weighted by atomic mass is 35.5. The van der Waals surface area contributed by atoms with Gasteiger partial charge in [0.1, 0.15) is 18.9 Å². The van der Waals surface area contributed by atoms with Crippen LogP contribution in [0.1, 0.15) is 39.7 Å². The molecule has 2 aromatic carbocycles. The van der Waals surface area contributed by atoms with Crippen molar-refractivity contribution in [2.24, 2.45) is 0 Å². The first-order chi connectivity index (χ1) is 16.5. The lowest BCUT2D eigenvalue weighted by atomic mass is 10.0. The molecule has 1 aliphatic carbocycles. The van der Waals surface area contributed by atoms with Crippen LogP contribution in [0.4, 0.5) is 0 Å². The fourth-order valence-corrected chi connectivity index (χ4v) is 5.63. The number of ether oxygens (including phenoxy) is 1. The third-order valence-electron chi connectivity index (χ3n) is 6.30. The molecule has 2 heterocycles. The molecule has 1 fully saturated rings. The Hall–Kier alpha value is -2.54. The SMILES string of the molecule is O=C(c1ccccc1Cl)N(CC(=O)N1CCc2sccc2[C@@H]1COc1ccc(Cl)cc1)C1CC1. The van der Waals surface area contributed by atoms with Crippen molar-refractivity contribution in [1.29, 1.82) is 0 Å². The van der Waals surface area contributed by atoms with Gasteiger partial charge >= 0.3 is 0 Å². The quantitative estimate of drug-likeness (QED) is 0.396. The molecule has 1 aliphatic heterocycles. The number of hydrogen-bond acceptors (Lipinski definition) is 4. The molecule has 3 aromatic rings. The molecular formula is C26H24Cl2N2O3S. The predicted octanol–water partition coefficient (Wildman–Crippen LogP) is 5.86. The van der Waals surface area contributed by atoms with Gasteiger partial charge in [-0.15, -0.1) is 11.3 Å². The predicted molar refractivity (Wildman–Crippen MR) is 135 cm³/mol. The number of carbonyl (C=O) groups excluding carboxylic acids is 2. The number of thiophene rings is 1. The topological polar surface area (TPSA) is 49.9 Å². The van der Waals surface area contributed by atoms with Crippen LogP contribution < -0.4 is 4.74 Å². The lowest BCUT2D eigenvalue weighted by Gasteiger charge is -2.37. The number of halogens is 2. The Morgan fingerprint density at radius 1 is 1.06 bits per heavy atom. The summed E-state index contributed by atoms with van der Waals surface area (Å²) < 4.78 is 6.06. The van der Waals surface area contributed by atoms with E-state index in [2.05, 4.69) is 11.4 Å². The number of hydrogen-bond donors (Lipinski definition) is 0. The Morgan fingerprint density at radius 2 is 1.82 bits per heavy atom. The summed E-state index contributed by atoms with van der Waals surface area (Å²) >= 11 is 14.0. The second-order valence-corrected chi connectivity index (χ2v) is 10.4. The Kier molecular flexibility index (Phi) is 6.82. The molecular weight excluding hydrogens is 491 g/mol. The van der Waals surface area contributed by atoms with Gasteiger partial charge in [-0.3, -0.25) is 9.59 Å². The van der Waals surface area contributed by atoms with Crippen molar-refractivity contribution < 1.29 is 14.3 Å². The van der Waals surface area contributed by atoms with Crippen LogP contribution in [0.5, 0.6) is 5.75 Å². The zero-order valence-electron chi connectivity index (χ0n) is 18.5. The molecule has 5 rings (SSSR count). The van der Waals surface area contributed by atoms with E-state index in [0.717, 1.165) is 24.8 Å². The molecule has 0 radical (unpaired) electrons. The fourth-order valence-electron chi connectivity index (χ4n) is 4.36. The maximum Gasteiger partial charge on any atom is 0.256 e. The van der Waals surface area contributed by atoms with E-state index in [-0.39, 0.29) is 30.4 Å². The molecule has 0 saturated heterocycles. The average Bonchev–Trinajstić information content (AvgIpc) is 3.57. The van der Waals surface area contributed by atoms with Gasteiger partial charge in [0, 0.05) is 22.5 Å². The minimum atomic E-state index is -0.213. The highest BCUT2D eigenvalue weighted by molar-refractivity contribution is 7.10. The molecule has 176 valence electrons. The zero-order valence-corrected chi connectivity index (χ0v) is 20.8.